The van der Waals surface area contributed by atoms with Gasteiger partial charge in [-0.25, -0.2) is 4.98 Å². The lowest BCUT2D eigenvalue weighted by molar-refractivity contribution is 0.763. The average molecular weight is 221 g/mol. The Labute approximate surface area is 95.1 Å². The first kappa shape index (κ1) is 11.9. The molecule has 80 valence electrons. The highest BCUT2D eigenvalue weighted by Gasteiger charge is 2.09. The SMILES string of the molecule is CSCC(C)N(C)c1ccc(C#N)nc1. The van der Waals surface area contributed by atoms with Crippen molar-refractivity contribution in [3.8, 4) is 6.07 Å². The van der Waals surface area contributed by atoms with E-state index in [-0.39, 0.29) is 0 Å². The molecule has 1 rings (SSSR count). The summed E-state index contributed by atoms with van der Waals surface area (Å²) in [5.74, 6) is 1.08. The summed E-state index contributed by atoms with van der Waals surface area (Å²) in [4.78, 5) is 6.22. The molecular formula is C11H15N3S. The summed E-state index contributed by atoms with van der Waals surface area (Å²) in [7, 11) is 2.05. The van der Waals surface area contributed by atoms with E-state index in [2.05, 4.69) is 23.1 Å². The Morgan fingerprint density at radius 1 is 1.60 bits per heavy atom. The lowest BCUT2D eigenvalue weighted by atomic mass is 10.3. The van der Waals surface area contributed by atoms with E-state index < -0.39 is 0 Å². The van der Waals surface area contributed by atoms with Crippen LogP contribution in [-0.2, 0) is 0 Å². The summed E-state index contributed by atoms with van der Waals surface area (Å²) in [5, 5.41) is 8.63. The van der Waals surface area contributed by atoms with Gasteiger partial charge in [0, 0.05) is 18.8 Å². The second kappa shape index (κ2) is 5.62. The topological polar surface area (TPSA) is 39.9 Å². The molecule has 1 atom stereocenters. The van der Waals surface area contributed by atoms with Crippen LogP contribution in [-0.4, -0.2) is 30.1 Å². The van der Waals surface area contributed by atoms with Crippen molar-refractivity contribution in [3.63, 3.8) is 0 Å². The number of anilines is 1. The quantitative estimate of drug-likeness (QED) is 0.781. The van der Waals surface area contributed by atoms with E-state index in [1.165, 1.54) is 0 Å². The zero-order chi connectivity index (χ0) is 11.3. The van der Waals surface area contributed by atoms with Crippen LogP contribution in [0.2, 0.25) is 0 Å². The van der Waals surface area contributed by atoms with Gasteiger partial charge in [0.2, 0.25) is 0 Å². The zero-order valence-electron chi connectivity index (χ0n) is 9.27. The fourth-order valence-corrected chi connectivity index (χ4v) is 1.97. The van der Waals surface area contributed by atoms with Gasteiger partial charge in [-0.15, -0.1) is 0 Å². The normalized spacial score (nSPS) is 11.9. The van der Waals surface area contributed by atoms with Crippen LogP contribution in [0.3, 0.4) is 0 Å². The van der Waals surface area contributed by atoms with Gasteiger partial charge < -0.3 is 4.90 Å². The Kier molecular flexibility index (Phi) is 4.44. The molecule has 15 heavy (non-hydrogen) atoms. The summed E-state index contributed by atoms with van der Waals surface area (Å²) >= 11 is 1.83. The number of hydrogen-bond acceptors (Lipinski definition) is 4. The number of aromatic nitrogens is 1. The van der Waals surface area contributed by atoms with Gasteiger partial charge in [0.05, 0.1) is 11.9 Å². The van der Waals surface area contributed by atoms with Gasteiger partial charge >= 0.3 is 0 Å². The Balaban J connectivity index is 2.74. The highest BCUT2D eigenvalue weighted by Crippen LogP contribution is 2.15. The van der Waals surface area contributed by atoms with Crippen molar-refractivity contribution >= 4 is 17.4 Å². The van der Waals surface area contributed by atoms with E-state index in [1.54, 1.807) is 12.3 Å². The monoisotopic (exact) mass is 221 g/mol. The van der Waals surface area contributed by atoms with Gasteiger partial charge in [0.15, 0.2) is 0 Å². The Hall–Kier alpha value is -1.21. The standard InChI is InChI=1S/C11H15N3S/c1-9(8-15-3)14(2)11-5-4-10(6-12)13-7-11/h4-5,7,9H,8H2,1-3H3. The van der Waals surface area contributed by atoms with Crippen LogP contribution in [0.25, 0.3) is 0 Å². The summed E-state index contributed by atoms with van der Waals surface area (Å²) in [5.41, 5.74) is 1.51. The van der Waals surface area contributed by atoms with Crippen molar-refractivity contribution in [2.75, 3.05) is 24.0 Å². The van der Waals surface area contributed by atoms with Crippen LogP contribution >= 0.6 is 11.8 Å². The molecule has 0 saturated heterocycles. The molecule has 1 heterocycles. The molecule has 0 aliphatic rings. The van der Waals surface area contributed by atoms with E-state index in [0.29, 0.717) is 11.7 Å². The molecule has 0 aliphatic carbocycles. The molecule has 0 aromatic carbocycles. The fraction of sp³-hybridized carbons (Fsp3) is 0.455. The van der Waals surface area contributed by atoms with Crippen LogP contribution < -0.4 is 4.90 Å². The van der Waals surface area contributed by atoms with Crippen molar-refractivity contribution < 1.29 is 0 Å². The average Bonchev–Trinajstić information content (AvgIpc) is 2.28. The maximum Gasteiger partial charge on any atom is 0.140 e. The Morgan fingerprint density at radius 3 is 2.80 bits per heavy atom. The zero-order valence-corrected chi connectivity index (χ0v) is 10.1. The summed E-state index contributed by atoms with van der Waals surface area (Å²) in [6.45, 7) is 2.18. The van der Waals surface area contributed by atoms with Crippen molar-refractivity contribution in [3.05, 3.63) is 24.0 Å². The lowest BCUT2D eigenvalue weighted by Crippen LogP contribution is -2.30. The molecule has 0 bridgehead atoms. The van der Waals surface area contributed by atoms with E-state index in [9.17, 15) is 0 Å². The van der Waals surface area contributed by atoms with Gasteiger partial charge in [-0.1, -0.05) is 0 Å². The number of hydrogen-bond donors (Lipinski definition) is 0. The molecule has 0 amide bonds. The molecule has 0 saturated carbocycles. The minimum atomic E-state index is 0.463. The van der Waals surface area contributed by atoms with Crippen molar-refractivity contribution in [2.24, 2.45) is 0 Å². The molecule has 1 aromatic heterocycles. The molecule has 0 radical (unpaired) electrons. The van der Waals surface area contributed by atoms with Crippen LogP contribution in [0.15, 0.2) is 18.3 Å². The second-order valence-corrected chi connectivity index (χ2v) is 4.34. The van der Waals surface area contributed by atoms with Gasteiger partial charge in [-0.2, -0.15) is 17.0 Å². The molecule has 4 heteroatoms. The minimum Gasteiger partial charge on any atom is -0.370 e. The number of pyridine rings is 1. The van der Waals surface area contributed by atoms with Crippen LogP contribution in [0.4, 0.5) is 5.69 Å². The van der Waals surface area contributed by atoms with Crippen molar-refractivity contribution in [1.82, 2.24) is 4.98 Å². The maximum atomic E-state index is 8.63. The smallest absolute Gasteiger partial charge is 0.140 e. The lowest BCUT2D eigenvalue weighted by Gasteiger charge is -2.26. The molecular weight excluding hydrogens is 206 g/mol. The number of nitrogens with zero attached hydrogens (tertiary/aromatic N) is 3. The third kappa shape index (κ3) is 3.14. The van der Waals surface area contributed by atoms with Gasteiger partial charge in [-0.05, 0) is 25.3 Å². The first-order chi connectivity index (χ1) is 7.19. The predicted octanol–water partition coefficient (Wildman–Crippen LogP) is 2.14. The van der Waals surface area contributed by atoms with E-state index in [4.69, 9.17) is 5.26 Å². The summed E-state index contributed by atoms with van der Waals surface area (Å²) < 4.78 is 0. The molecule has 0 N–H and O–H groups in total. The number of thioether (sulfide) groups is 1. The number of nitriles is 1. The van der Waals surface area contributed by atoms with Crippen LogP contribution in [0.5, 0.6) is 0 Å². The van der Waals surface area contributed by atoms with Crippen LogP contribution in [0.1, 0.15) is 12.6 Å². The minimum absolute atomic E-state index is 0.463. The van der Waals surface area contributed by atoms with Crippen LogP contribution in [0, 0.1) is 11.3 Å². The predicted molar refractivity (Wildman–Crippen MR) is 65.2 cm³/mol. The van der Waals surface area contributed by atoms with Crippen molar-refractivity contribution in [1.29, 1.82) is 5.26 Å². The first-order valence-corrected chi connectivity index (χ1v) is 6.16. The Morgan fingerprint density at radius 2 is 2.33 bits per heavy atom. The molecule has 0 fully saturated rings. The molecule has 3 nitrogen and oxygen atoms in total. The third-order valence-electron chi connectivity index (χ3n) is 2.34. The summed E-state index contributed by atoms with van der Waals surface area (Å²) in [6, 6.07) is 6.16. The highest BCUT2D eigenvalue weighted by atomic mass is 32.2. The summed E-state index contributed by atoms with van der Waals surface area (Å²) in [6.07, 6.45) is 3.84. The molecule has 0 aliphatic heterocycles. The Bertz CT molecular complexity index is 342. The highest BCUT2D eigenvalue weighted by molar-refractivity contribution is 7.98. The molecule has 1 aromatic rings. The van der Waals surface area contributed by atoms with Gasteiger partial charge in [-0.3, -0.25) is 0 Å². The third-order valence-corrected chi connectivity index (χ3v) is 3.15. The maximum absolute atomic E-state index is 8.63. The van der Waals surface area contributed by atoms with Crippen molar-refractivity contribution in [2.45, 2.75) is 13.0 Å². The largest absolute Gasteiger partial charge is 0.370 e. The van der Waals surface area contributed by atoms with Gasteiger partial charge in [0.25, 0.3) is 0 Å². The molecule has 0 spiro atoms. The van der Waals surface area contributed by atoms with E-state index in [0.717, 1.165) is 11.4 Å². The fourth-order valence-electron chi connectivity index (χ4n) is 1.27. The van der Waals surface area contributed by atoms with E-state index in [1.807, 2.05) is 30.9 Å². The first-order valence-electron chi connectivity index (χ1n) is 4.77. The molecule has 1 unspecified atom stereocenters. The van der Waals surface area contributed by atoms with E-state index >= 15 is 0 Å². The number of rotatable bonds is 4. The second-order valence-electron chi connectivity index (χ2n) is 3.43. The van der Waals surface area contributed by atoms with Gasteiger partial charge in [0.1, 0.15) is 11.8 Å².